The van der Waals surface area contributed by atoms with E-state index in [4.69, 9.17) is 10.8 Å². The largest absolute Gasteiger partial charge is 0.352 e. The molecule has 1 aromatic heterocycles. The monoisotopic (exact) mass is 295 g/mol. The van der Waals surface area contributed by atoms with E-state index in [0.29, 0.717) is 17.1 Å². The molecule has 0 aromatic carbocycles. The van der Waals surface area contributed by atoms with Crippen molar-refractivity contribution in [2.75, 3.05) is 22.6 Å². The SMILES string of the molecule is CC1SCCN(c2cc(NN)nc(C(C)(C)C)n2)C1C. The van der Waals surface area contributed by atoms with Crippen molar-refractivity contribution in [1.82, 2.24) is 9.97 Å². The van der Waals surface area contributed by atoms with Gasteiger partial charge in [-0.1, -0.05) is 27.7 Å². The average molecular weight is 295 g/mol. The first-order valence-corrected chi connectivity index (χ1v) is 8.12. The predicted molar refractivity (Wildman–Crippen MR) is 87.3 cm³/mol. The Balaban J connectivity index is 2.40. The molecule has 3 N–H and O–H groups in total. The molecule has 2 rings (SSSR count). The van der Waals surface area contributed by atoms with Crippen molar-refractivity contribution in [2.45, 2.75) is 51.3 Å². The summed E-state index contributed by atoms with van der Waals surface area (Å²) in [6.07, 6.45) is 0. The van der Waals surface area contributed by atoms with E-state index >= 15 is 0 Å². The lowest BCUT2D eigenvalue weighted by molar-refractivity contribution is 0.540. The lowest BCUT2D eigenvalue weighted by Crippen LogP contribution is -2.45. The van der Waals surface area contributed by atoms with Gasteiger partial charge in [-0.2, -0.15) is 11.8 Å². The smallest absolute Gasteiger partial charge is 0.145 e. The van der Waals surface area contributed by atoms with E-state index in [9.17, 15) is 0 Å². The quantitative estimate of drug-likeness (QED) is 0.645. The van der Waals surface area contributed by atoms with E-state index in [1.807, 2.05) is 17.8 Å². The van der Waals surface area contributed by atoms with Crippen LogP contribution in [0.15, 0.2) is 6.07 Å². The number of hydrogen-bond acceptors (Lipinski definition) is 6. The Labute approximate surface area is 125 Å². The van der Waals surface area contributed by atoms with Crippen LogP contribution in [0.25, 0.3) is 0 Å². The van der Waals surface area contributed by atoms with Gasteiger partial charge in [-0.15, -0.1) is 0 Å². The summed E-state index contributed by atoms with van der Waals surface area (Å²) in [7, 11) is 0. The molecule has 1 fully saturated rings. The Kier molecular flexibility index (Phi) is 4.44. The molecule has 0 saturated carbocycles. The number of nitrogens with one attached hydrogen (secondary N) is 1. The van der Waals surface area contributed by atoms with Crippen LogP contribution in [0, 0.1) is 0 Å². The standard InChI is InChI=1S/C14H25N5S/c1-9-10(2)20-7-6-19(9)12-8-11(18-15)16-13(17-12)14(3,4)5/h8-10H,6-7,15H2,1-5H3,(H,16,17,18). The normalized spacial score (nSPS) is 23.8. The van der Waals surface area contributed by atoms with Gasteiger partial charge in [0.15, 0.2) is 0 Å². The van der Waals surface area contributed by atoms with Gasteiger partial charge in [0.2, 0.25) is 0 Å². The van der Waals surface area contributed by atoms with Crippen LogP contribution in [0.3, 0.4) is 0 Å². The van der Waals surface area contributed by atoms with Crippen molar-refractivity contribution in [2.24, 2.45) is 5.84 Å². The van der Waals surface area contributed by atoms with Crippen LogP contribution in [0.5, 0.6) is 0 Å². The van der Waals surface area contributed by atoms with Gasteiger partial charge in [0, 0.05) is 35.1 Å². The molecule has 0 amide bonds. The highest BCUT2D eigenvalue weighted by Crippen LogP contribution is 2.30. The maximum absolute atomic E-state index is 5.56. The zero-order valence-electron chi connectivity index (χ0n) is 13.0. The van der Waals surface area contributed by atoms with Crippen molar-refractivity contribution < 1.29 is 0 Å². The molecule has 0 aliphatic carbocycles. The number of nitrogens with two attached hydrogens (primary N) is 1. The van der Waals surface area contributed by atoms with Crippen LogP contribution < -0.4 is 16.2 Å². The second kappa shape index (κ2) is 5.77. The molecule has 6 heteroatoms. The van der Waals surface area contributed by atoms with E-state index in [2.05, 4.69) is 49.9 Å². The summed E-state index contributed by atoms with van der Waals surface area (Å²) in [6, 6.07) is 2.40. The van der Waals surface area contributed by atoms with Crippen molar-refractivity contribution in [3.05, 3.63) is 11.9 Å². The van der Waals surface area contributed by atoms with E-state index in [1.54, 1.807) is 0 Å². The molecule has 1 saturated heterocycles. The van der Waals surface area contributed by atoms with Gasteiger partial charge in [0.25, 0.3) is 0 Å². The molecule has 20 heavy (non-hydrogen) atoms. The van der Waals surface area contributed by atoms with Gasteiger partial charge in [-0.25, -0.2) is 15.8 Å². The number of anilines is 2. The Morgan fingerprint density at radius 1 is 1.35 bits per heavy atom. The van der Waals surface area contributed by atoms with E-state index in [-0.39, 0.29) is 5.41 Å². The zero-order chi connectivity index (χ0) is 14.9. The molecule has 0 spiro atoms. The minimum atomic E-state index is -0.0962. The number of rotatable bonds is 2. The summed E-state index contributed by atoms with van der Waals surface area (Å²) in [5, 5.41) is 0.603. The molecule has 1 aliphatic heterocycles. The third kappa shape index (κ3) is 3.17. The fourth-order valence-corrected chi connectivity index (χ4v) is 3.35. The highest BCUT2D eigenvalue weighted by Gasteiger charge is 2.28. The molecule has 1 aromatic rings. The minimum Gasteiger partial charge on any atom is -0.352 e. The molecular formula is C14H25N5S. The summed E-state index contributed by atoms with van der Waals surface area (Å²) in [5.74, 6) is 9.16. The van der Waals surface area contributed by atoms with Crippen LogP contribution >= 0.6 is 11.8 Å². The number of hydrazine groups is 1. The number of nitrogen functional groups attached to an aromatic ring is 1. The summed E-state index contributed by atoms with van der Waals surface area (Å²) < 4.78 is 0. The molecule has 1 aliphatic rings. The topological polar surface area (TPSA) is 67.1 Å². The van der Waals surface area contributed by atoms with Gasteiger partial charge < -0.3 is 10.3 Å². The van der Waals surface area contributed by atoms with E-state index in [0.717, 1.165) is 23.9 Å². The highest BCUT2D eigenvalue weighted by atomic mass is 32.2. The fourth-order valence-electron chi connectivity index (χ4n) is 2.25. The molecular weight excluding hydrogens is 270 g/mol. The zero-order valence-corrected chi connectivity index (χ0v) is 13.8. The lowest BCUT2D eigenvalue weighted by Gasteiger charge is -2.38. The van der Waals surface area contributed by atoms with Crippen LogP contribution in [0.1, 0.15) is 40.4 Å². The average Bonchev–Trinajstić information content (AvgIpc) is 2.40. The second-order valence-electron chi connectivity index (χ2n) is 6.34. The Bertz CT molecular complexity index is 471. The van der Waals surface area contributed by atoms with E-state index < -0.39 is 0 Å². The van der Waals surface area contributed by atoms with Crippen LogP contribution in [0.4, 0.5) is 11.6 Å². The minimum absolute atomic E-state index is 0.0962. The second-order valence-corrected chi connectivity index (χ2v) is 7.82. The molecule has 2 unspecified atom stereocenters. The first-order valence-electron chi connectivity index (χ1n) is 7.07. The highest BCUT2D eigenvalue weighted by molar-refractivity contribution is 8.00. The maximum Gasteiger partial charge on any atom is 0.145 e. The van der Waals surface area contributed by atoms with Gasteiger partial charge in [0.05, 0.1) is 0 Å². The Morgan fingerprint density at radius 2 is 2.05 bits per heavy atom. The van der Waals surface area contributed by atoms with Crippen molar-refractivity contribution in [3.63, 3.8) is 0 Å². The van der Waals surface area contributed by atoms with Gasteiger partial charge in [0.1, 0.15) is 17.5 Å². The molecule has 2 heterocycles. The molecule has 5 nitrogen and oxygen atoms in total. The summed E-state index contributed by atoms with van der Waals surface area (Å²) >= 11 is 2.02. The Hall–Kier alpha value is -1.01. The summed E-state index contributed by atoms with van der Waals surface area (Å²) in [6.45, 7) is 11.9. The summed E-state index contributed by atoms with van der Waals surface area (Å²) in [4.78, 5) is 11.6. The van der Waals surface area contributed by atoms with Crippen molar-refractivity contribution in [3.8, 4) is 0 Å². The van der Waals surface area contributed by atoms with Crippen molar-refractivity contribution in [1.29, 1.82) is 0 Å². The fraction of sp³-hybridized carbons (Fsp3) is 0.714. The first-order chi connectivity index (χ1) is 9.32. The van der Waals surface area contributed by atoms with Crippen LogP contribution in [-0.4, -0.2) is 33.6 Å². The van der Waals surface area contributed by atoms with Crippen LogP contribution in [-0.2, 0) is 5.41 Å². The lowest BCUT2D eigenvalue weighted by atomic mass is 9.95. The summed E-state index contributed by atoms with van der Waals surface area (Å²) in [5.41, 5.74) is 2.57. The van der Waals surface area contributed by atoms with Crippen molar-refractivity contribution >= 4 is 23.4 Å². The number of thioether (sulfide) groups is 1. The molecule has 112 valence electrons. The maximum atomic E-state index is 5.56. The van der Waals surface area contributed by atoms with Crippen LogP contribution in [0.2, 0.25) is 0 Å². The van der Waals surface area contributed by atoms with Gasteiger partial charge >= 0.3 is 0 Å². The molecule has 0 radical (unpaired) electrons. The first kappa shape index (κ1) is 15.4. The molecule has 0 bridgehead atoms. The predicted octanol–water partition coefficient (Wildman–Crippen LogP) is 2.39. The number of aromatic nitrogens is 2. The number of hydrogen-bond donors (Lipinski definition) is 2. The Morgan fingerprint density at radius 3 is 2.65 bits per heavy atom. The van der Waals surface area contributed by atoms with E-state index in [1.165, 1.54) is 0 Å². The molecule has 2 atom stereocenters. The number of nitrogens with zero attached hydrogens (tertiary/aromatic N) is 3. The third-order valence-corrected chi connectivity index (χ3v) is 5.05. The van der Waals surface area contributed by atoms with Gasteiger partial charge in [-0.3, -0.25) is 0 Å². The van der Waals surface area contributed by atoms with Gasteiger partial charge in [-0.05, 0) is 6.92 Å². The third-order valence-electron chi connectivity index (χ3n) is 3.71.